The van der Waals surface area contributed by atoms with E-state index in [0.29, 0.717) is 0 Å². The maximum atomic E-state index is 9.66. The van der Waals surface area contributed by atoms with Gasteiger partial charge < -0.3 is 10.4 Å². The normalized spacial score (nSPS) is 13.9. The van der Waals surface area contributed by atoms with Gasteiger partial charge in [-0.1, -0.05) is 67.1 Å². The van der Waals surface area contributed by atoms with Crippen LogP contribution in [0.15, 0.2) is 54.6 Å². The topological polar surface area (TPSA) is 32.3 Å². The SMILES string of the molecule is CCC(N[C@H](CO)Cc1ccccc1)c1ccc(C)cc1. The molecule has 1 unspecified atom stereocenters. The maximum Gasteiger partial charge on any atom is 0.0588 e. The average Bonchev–Trinajstić information content (AvgIpc) is 2.53. The number of hydrogen-bond donors (Lipinski definition) is 2. The van der Waals surface area contributed by atoms with E-state index in [1.165, 1.54) is 16.7 Å². The van der Waals surface area contributed by atoms with Crippen LogP contribution in [0.3, 0.4) is 0 Å². The molecule has 0 fully saturated rings. The zero-order valence-electron chi connectivity index (χ0n) is 12.9. The molecule has 2 nitrogen and oxygen atoms in total. The first-order chi connectivity index (χ1) is 10.2. The van der Waals surface area contributed by atoms with Crippen LogP contribution in [0, 0.1) is 6.92 Å². The number of aliphatic hydroxyl groups excluding tert-OH is 1. The molecule has 0 amide bonds. The summed E-state index contributed by atoms with van der Waals surface area (Å²) >= 11 is 0. The van der Waals surface area contributed by atoms with Crippen molar-refractivity contribution >= 4 is 0 Å². The Balaban J connectivity index is 2.03. The molecule has 0 heterocycles. The second kappa shape index (κ2) is 7.96. The highest BCUT2D eigenvalue weighted by Gasteiger charge is 2.15. The third-order valence-corrected chi connectivity index (χ3v) is 3.87. The van der Waals surface area contributed by atoms with Crippen LogP contribution in [0.25, 0.3) is 0 Å². The van der Waals surface area contributed by atoms with E-state index >= 15 is 0 Å². The highest BCUT2D eigenvalue weighted by atomic mass is 16.3. The van der Waals surface area contributed by atoms with Crippen molar-refractivity contribution in [3.8, 4) is 0 Å². The fraction of sp³-hybridized carbons (Fsp3) is 0.368. The summed E-state index contributed by atoms with van der Waals surface area (Å²) < 4.78 is 0. The minimum absolute atomic E-state index is 0.0821. The summed E-state index contributed by atoms with van der Waals surface area (Å²) in [5.74, 6) is 0. The van der Waals surface area contributed by atoms with Gasteiger partial charge in [-0.15, -0.1) is 0 Å². The summed E-state index contributed by atoms with van der Waals surface area (Å²) in [4.78, 5) is 0. The van der Waals surface area contributed by atoms with Gasteiger partial charge in [-0.2, -0.15) is 0 Å². The van der Waals surface area contributed by atoms with E-state index in [0.717, 1.165) is 12.8 Å². The molecule has 0 aliphatic carbocycles. The lowest BCUT2D eigenvalue weighted by Gasteiger charge is -2.24. The zero-order chi connectivity index (χ0) is 15.1. The predicted molar refractivity (Wildman–Crippen MR) is 88.4 cm³/mol. The highest BCUT2D eigenvalue weighted by Crippen LogP contribution is 2.18. The lowest BCUT2D eigenvalue weighted by Crippen LogP contribution is -2.37. The molecule has 2 aromatic carbocycles. The fourth-order valence-electron chi connectivity index (χ4n) is 2.61. The van der Waals surface area contributed by atoms with E-state index in [1.54, 1.807) is 0 Å². The van der Waals surface area contributed by atoms with E-state index in [9.17, 15) is 5.11 Å². The zero-order valence-corrected chi connectivity index (χ0v) is 12.9. The Labute approximate surface area is 127 Å². The molecular weight excluding hydrogens is 258 g/mol. The number of aryl methyl sites for hydroxylation is 1. The first-order valence-corrected chi connectivity index (χ1v) is 7.70. The molecule has 0 spiro atoms. The van der Waals surface area contributed by atoms with Gasteiger partial charge in [-0.05, 0) is 30.9 Å². The van der Waals surface area contributed by atoms with Gasteiger partial charge in [0.05, 0.1) is 6.61 Å². The molecule has 2 aromatic rings. The van der Waals surface area contributed by atoms with Crippen LogP contribution in [-0.2, 0) is 6.42 Å². The van der Waals surface area contributed by atoms with Crippen LogP contribution in [-0.4, -0.2) is 17.8 Å². The Hall–Kier alpha value is -1.64. The van der Waals surface area contributed by atoms with Crippen molar-refractivity contribution < 1.29 is 5.11 Å². The fourth-order valence-corrected chi connectivity index (χ4v) is 2.61. The summed E-state index contributed by atoms with van der Waals surface area (Å²) in [5.41, 5.74) is 3.81. The van der Waals surface area contributed by atoms with E-state index in [4.69, 9.17) is 0 Å². The highest BCUT2D eigenvalue weighted by molar-refractivity contribution is 5.24. The van der Waals surface area contributed by atoms with E-state index < -0.39 is 0 Å². The minimum atomic E-state index is 0.0821. The second-order valence-electron chi connectivity index (χ2n) is 5.61. The largest absolute Gasteiger partial charge is 0.395 e. The van der Waals surface area contributed by atoms with E-state index in [-0.39, 0.29) is 18.7 Å². The molecule has 112 valence electrons. The molecule has 0 saturated heterocycles. The van der Waals surface area contributed by atoms with Crippen molar-refractivity contribution in [2.75, 3.05) is 6.61 Å². The maximum absolute atomic E-state index is 9.66. The van der Waals surface area contributed by atoms with E-state index in [2.05, 4.69) is 55.6 Å². The molecule has 2 heteroatoms. The smallest absolute Gasteiger partial charge is 0.0588 e. The van der Waals surface area contributed by atoms with Crippen LogP contribution in [0.2, 0.25) is 0 Å². The molecule has 0 saturated carbocycles. The van der Waals surface area contributed by atoms with Crippen LogP contribution in [0.4, 0.5) is 0 Å². The molecule has 2 rings (SSSR count). The molecule has 0 aromatic heterocycles. The van der Waals surface area contributed by atoms with Crippen molar-refractivity contribution in [3.63, 3.8) is 0 Å². The molecule has 21 heavy (non-hydrogen) atoms. The van der Waals surface area contributed by atoms with Gasteiger partial charge in [0, 0.05) is 12.1 Å². The Morgan fingerprint density at radius 2 is 1.67 bits per heavy atom. The summed E-state index contributed by atoms with van der Waals surface area (Å²) in [6.07, 6.45) is 1.86. The standard InChI is InChI=1S/C19H25NO/c1-3-19(17-11-9-15(2)10-12-17)20-18(14-21)13-16-7-5-4-6-8-16/h4-12,18-21H,3,13-14H2,1-2H3/t18-,19?/m0/s1. The Morgan fingerprint density at radius 1 is 1.00 bits per heavy atom. The van der Waals surface area contributed by atoms with Gasteiger partial charge >= 0.3 is 0 Å². The lowest BCUT2D eigenvalue weighted by molar-refractivity contribution is 0.229. The lowest BCUT2D eigenvalue weighted by atomic mass is 10.00. The van der Waals surface area contributed by atoms with Crippen LogP contribution in [0.1, 0.15) is 36.1 Å². The van der Waals surface area contributed by atoms with Crippen LogP contribution >= 0.6 is 0 Å². The number of hydrogen-bond acceptors (Lipinski definition) is 2. The van der Waals surface area contributed by atoms with Gasteiger partial charge in [0.2, 0.25) is 0 Å². The second-order valence-corrected chi connectivity index (χ2v) is 5.61. The third-order valence-electron chi connectivity index (χ3n) is 3.87. The average molecular weight is 283 g/mol. The van der Waals surface area contributed by atoms with Gasteiger partial charge in [-0.3, -0.25) is 0 Å². The Morgan fingerprint density at radius 3 is 2.24 bits per heavy atom. The van der Waals surface area contributed by atoms with E-state index in [1.807, 2.05) is 18.2 Å². The van der Waals surface area contributed by atoms with Gasteiger partial charge in [0.15, 0.2) is 0 Å². The van der Waals surface area contributed by atoms with Crippen molar-refractivity contribution in [1.82, 2.24) is 5.32 Å². The summed E-state index contributed by atoms with van der Waals surface area (Å²) in [5, 5.41) is 13.2. The predicted octanol–water partition coefficient (Wildman–Crippen LogP) is 3.64. The van der Waals surface area contributed by atoms with Gasteiger partial charge in [0.25, 0.3) is 0 Å². The molecule has 2 N–H and O–H groups in total. The molecule has 0 radical (unpaired) electrons. The number of benzene rings is 2. The summed E-state index contributed by atoms with van der Waals surface area (Å²) in [6.45, 7) is 4.43. The molecule has 0 aliphatic heterocycles. The van der Waals surface area contributed by atoms with Crippen molar-refractivity contribution in [2.24, 2.45) is 0 Å². The minimum Gasteiger partial charge on any atom is -0.395 e. The summed E-state index contributed by atoms with van der Waals surface area (Å²) in [7, 11) is 0. The quantitative estimate of drug-likeness (QED) is 0.813. The summed E-state index contributed by atoms with van der Waals surface area (Å²) in [6, 6.07) is 19.3. The van der Waals surface area contributed by atoms with Crippen LogP contribution in [0.5, 0.6) is 0 Å². The number of rotatable bonds is 7. The Bertz CT molecular complexity index is 521. The Kier molecular flexibility index (Phi) is 5.97. The molecule has 2 atom stereocenters. The third kappa shape index (κ3) is 4.69. The van der Waals surface area contributed by atoms with Crippen molar-refractivity contribution in [1.29, 1.82) is 0 Å². The first kappa shape index (κ1) is 15.7. The van der Waals surface area contributed by atoms with Crippen LogP contribution < -0.4 is 5.32 Å². The van der Waals surface area contributed by atoms with Gasteiger partial charge in [0.1, 0.15) is 0 Å². The number of nitrogens with one attached hydrogen (secondary N) is 1. The van der Waals surface area contributed by atoms with Gasteiger partial charge in [-0.25, -0.2) is 0 Å². The molecular formula is C19H25NO. The molecule has 0 bridgehead atoms. The van der Waals surface area contributed by atoms with Crippen molar-refractivity contribution in [3.05, 3.63) is 71.3 Å². The molecule has 0 aliphatic rings. The first-order valence-electron chi connectivity index (χ1n) is 7.70. The monoisotopic (exact) mass is 283 g/mol. The number of aliphatic hydroxyl groups is 1. The van der Waals surface area contributed by atoms with Crippen molar-refractivity contribution in [2.45, 2.75) is 38.8 Å².